The molecule has 0 aliphatic carbocycles. The Bertz CT molecular complexity index is 801. The Kier molecular flexibility index (Phi) is 4.82. The normalized spacial score (nSPS) is 41.7. The van der Waals surface area contributed by atoms with Gasteiger partial charge in [-0.05, 0) is 20.8 Å². The van der Waals surface area contributed by atoms with E-state index in [2.05, 4.69) is 5.32 Å². The maximum absolute atomic E-state index is 12.8. The summed E-state index contributed by atoms with van der Waals surface area (Å²) in [5.41, 5.74) is -6.37. The molecule has 160 valence electrons. The third kappa shape index (κ3) is 3.40. The van der Waals surface area contributed by atoms with Crippen molar-refractivity contribution in [2.45, 2.75) is 62.2 Å². The van der Waals surface area contributed by atoms with Gasteiger partial charge in [0.25, 0.3) is 27.7 Å². The molecule has 4 saturated heterocycles. The van der Waals surface area contributed by atoms with Crippen LogP contribution in [0.1, 0.15) is 27.2 Å². The molecular formula is C15H24N2O10S. The molecule has 0 aromatic carbocycles. The largest absolute Gasteiger partial charge is 0.384 e. The first kappa shape index (κ1) is 21.4. The van der Waals surface area contributed by atoms with Gasteiger partial charge in [-0.25, -0.2) is 0 Å². The molecule has 4 rings (SSSR count). The van der Waals surface area contributed by atoms with Crippen LogP contribution >= 0.6 is 0 Å². The standard InChI is InChI=1S/C15H24N2O10S/c1-12(2)25-7-13(3,27-12)9(18)15-11(20)16-14(21,10(19)17-15)8(5-6-24-15)26-28(4,22)23/h8-9,18,21H,5-7H2,1-4H3,(H,16,20)(H,17,19)/t8-,9+,13+,14-,15+/m1/s1. The van der Waals surface area contributed by atoms with E-state index in [1.54, 1.807) is 13.8 Å². The minimum atomic E-state index is -4.06. The number of nitrogens with one attached hydrogen (secondary N) is 2. The Morgan fingerprint density at radius 3 is 2.36 bits per heavy atom. The monoisotopic (exact) mass is 424 g/mol. The van der Waals surface area contributed by atoms with Crippen molar-refractivity contribution >= 4 is 21.9 Å². The molecule has 4 heterocycles. The van der Waals surface area contributed by atoms with Crippen LogP contribution in [0.2, 0.25) is 0 Å². The van der Waals surface area contributed by atoms with Crippen LogP contribution < -0.4 is 10.6 Å². The molecule has 2 bridgehead atoms. The Hall–Kier alpha value is -1.35. The van der Waals surface area contributed by atoms with E-state index < -0.39 is 57.0 Å². The van der Waals surface area contributed by atoms with Gasteiger partial charge in [0, 0.05) is 6.42 Å². The van der Waals surface area contributed by atoms with E-state index >= 15 is 0 Å². The van der Waals surface area contributed by atoms with Crippen molar-refractivity contribution in [2.24, 2.45) is 0 Å². The number of hydrogen-bond acceptors (Lipinski definition) is 10. The number of hydrogen-bond donors (Lipinski definition) is 4. The van der Waals surface area contributed by atoms with Gasteiger partial charge in [-0.1, -0.05) is 0 Å². The van der Waals surface area contributed by atoms with Crippen LogP contribution in [0.15, 0.2) is 0 Å². The Labute approximate surface area is 161 Å². The first-order chi connectivity index (χ1) is 12.6. The number of carbonyl (C=O) groups is 2. The molecule has 28 heavy (non-hydrogen) atoms. The highest BCUT2D eigenvalue weighted by atomic mass is 32.2. The quantitative estimate of drug-likeness (QED) is 0.348. The van der Waals surface area contributed by atoms with Gasteiger partial charge in [-0.15, -0.1) is 0 Å². The molecule has 0 unspecified atom stereocenters. The van der Waals surface area contributed by atoms with E-state index in [1.807, 2.05) is 5.32 Å². The Morgan fingerprint density at radius 1 is 1.18 bits per heavy atom. The third-order valence-electron chi connectivity index (χ3n) is 4.90. The van der Waals surface area contributed by atoms with Gasteiger partial charge in [0.2, 0.25) is 5.72 Å². The van der Waals surface area contributed by atoms with E-state index in [9.17, 15) is 28.2 Å². The highest BCUT2D eigenvalue weighted by molar-refractivity contribution is 7.86. The smallest absolute Gasteiger partial charge is 0.279 e. The molecule has 12 nitrogen and oxygen atoms in total. The lowest BCUT2D eigenvalue weighted by molar-refractivity contribution is -0.250. The number of aliphatic hydroxyl groups excluding tert-OH is 1. The molecule has 2 amide bonds. The first-order valence-electron chi connectivity index (χ1n) is 8.56. The van der Waals surface area contributed by atoms with Crippen molar-refractivity contribution in [1.82, 2.24) is 10.6 Å². The second kappa shape index (κ2) is 6.32. The lowest BCUT2D eigenvalue weighted by Crippen LogP contribution is -2.84. The van der Waals surface area contributed by atoms with Gasteiger partial charge in [0.05, 0.1) is 19.5 Å². The fourth-order valence-corrected chi connectivity index (χ4v) is 4.27. The summed E-state index contributed by atoms with van der Waals surface area (Å²) >= 11 is 0. The van der Waals surface area contributed by atoms with Crippen LogP contribution in [-0.4, -0.2) is 85.0 Å². The summed E-state index contributed by atoms with van der Waals surface area (Å²) in [5.74, 6) is -3.32. The number of carbonyl (C=O) groups excluding carboxylic acids is 2. The number of rotatable bonds is 4. The molecule has 5 atom stereocenters. The maximum Gasteiger partial charge on any atom is 0.279 e. The number of fused-ring (bicyclic) bond motifs is 5. The molecule has 0 aromatic heterocycles. The van der Waals surface area contributed by atoms with Crippen LogP contribution in [0.3, 0.4) is 0 Å². The molecule has 0 spiro atoms. The summed E-state index contributed by atoms with van der Waals surface area (Å²) in [6, 6.07) is 0. The second-order valence-electron chi connectivity index (χ2n) is 7.84. The molecular weight excluding hydrogens is 400 g/mol. The summed E-state index contributed by atoms with van der Waals surface area (Å²) in [6.45, 7) is 4.31. The van der Waals surface area contributed by atoms with Gasteiger partial charge < -0.3 is 35.1 Å². The number of piperazine rings is 1. The van der Waals surface area contributed by atoms with Crippen LogP contribution in [0, 0.1) is 0 Å². The minimum absolute atomic E-state index is 0.0977. The van der Waals surface area contributed by atoms with Crippen molar-refractivity contribution in [3.8, 4) is 0 Å². The van der Waals surface area contributed by atoms with Gasteiger partial charge in [0.15, 0.2) is 5.79 Å². The Morgan fingerprint density at radius 2 is 1.82 bits per heavy atom. The van der Waals surface area contributed by atoms with E-state index in [1.165, 1.54) is 6.92 Å². The second-order valence-corrected chi connectivity index (χ2v) is 9.44. The van der Waals surface area contributed by atoms with Gasteiger partial charge >= 0.3 is 0 Å². The van der Waals surface area contributed by atoms with Crippen molar-refractivity contribution < 1.29 is 46.6 Å². The summed E-state index contributed by atoms with van der Waals surface area (Å²) in [4.78, 5) is 25.5. The minimum Gasteiger partial charge on any atom is -0.384 e. The zero-order valence-corrected chi connectivity index (χ0v) is 16.7. The molecule has 4 N–H and O–H groups in total. The van der Waals surface area contributed by atoms with Crippen LogP contribution in [0.5, 0.6) is 0 Å². The van der Waals surface area contributed by atoms with E-state index in [0.717, 1.165) is 6.26 Å². The SMILES string of the molecule is CC1(C)OC[C@@](C)([C@H](O)[C@@]23NC(=O)[C@@](O)(NC2=O)[C@H](OS(C)(=O)=O)CCO3)O1. The van der Waals surface area contributed by atoms with E-state index in [0.29, 0.717) is 0 Å². The first-order valence-corrected chi connectivity index (χ1v) is 10.4. The molecule has 0 saturated carbocycles. The fourth-order valence-electron chi connectivity index (χ4n) is 3.61. The summed E-state index contributed by atoms with van der Waals surface area (Å²) in [5, 5.41) is 25.9. The average molecular weight is 424 g/mol. The van der Waals surface area contributed by atoms with Crippen LogP contribution in [0.4, 0.5) is 0 Å². The molecule has 0 aromatic rings. The zero-order valence-electron chi connectivity index (χ0n) is 15.8. The zero-order chi connectivity index (χ0) is 21.2. The summed E-state index contributed by atoms with van der Waals surface area (Å²) in [7, 11) is -4.06. The Balaban J connectivity index is 1.95. The molecule has 4 fully saturated rings. The third-order valence-corrected chi connectivity index (χ3v) is 5.48. The van der Waals surface area contributed by atoms with Gasteiger partial charge in [-0.3, -0.25) is 13.8 Å². The molecule has 13 heteroatoms. The van der Waals surface area contributed by atoms with Crippen molar-refractivity contribution in [3.05, 3.63) is 0 Å². The lowest BCUT2D eigenvalue weighted by Gasteiger charge is -2.51. The molecule has 4 aliphatic heterocycles. The van der Waals surface area contributed by atoms with Crippen molar-refractivity contribution in [3.63, 3.8) is 0 Å². The van der Waals surface area contributed by atoms with Crippen molar-refractivity contribution in [1.29, 1.82) is 0 Å². The average Bonchev–Trinajstić information content (AvgIpc) is 2.83. The summed E-state index contributed by atoms with van der Waals surface area (Å²) in [6.07, 6.45) is -2.86. The highest BCUT2D eigenvalue weighted by Gasteiger charge is 2.67. The van der Waals surface area contributed by atoms with E-state index in [4.69, 9.17) is 18.4 Å². The molecule has 4 aliphatic rings. The summed E-state index contributed by atoms with van der Waals surface area (Å²) < 4.78 is 44.4. The predicted molar refractivity (Wildman–Crippen MR) is 89.8 cm³/mol. The number of aliphatic hydroxyl groups is 2. The highest BCUT2D eigenvalue weighted by Crippen LogP contribution is 2.39. The van der Waals surface area contributed by atoms with Crippen molar-refractivity contribution in [2.75, 3.05) is 19.5 Å². The molecule has 0 radical (unpaired) electrons. The van der Waals surface area contributed by atoms with E-state index in [-0.39, 0.29) is 19.6 Å². The lowest BCUT2D eigenvalue weighted by atomic mass is 9.85. The van der Waals surface area contributed by atoms with Gasteiger partial charge in [-0.2, -0.15) is 8.42 Å². The maximum atomic E-state index is 12.8. The predicted octanol–water partition coefficient (Wildman–Crippen LogP) is -2.72. The fraction of sp³-hybridized carbons (Fsp3) is 0.867. The van der Waals surface area contributed by atoms with Crippen LogP contribution in [0.25, 0.3) is 0 Å². The van der Waals surface area contributed by atoms with Gasteiger partial charge in [0.1, 0.15) is 17.8 Å². The van der Waals surface area contributed by atoms with Crippen LogP contribution in [-0.2, 0) is 38.1 Å². The number of amides is 2. The topological polar surface area (TPSA) is 170 Å². The number of ether oxygens (including phenoxy) is 3.